The smallest absolute Gasteiger partial charge is 0.343 e. The lowest BCUT2D eigenvalue weighted by Crippen LogP contribution is -2.29. The number of fused-ring (bicyclic) bond motifs is 1. The van der Waals surface area contributed by atoms with Crippen molar-refractivity contribution in [2.24, 2.45) is 0 Å². The molecular formula is C29H26F4N2O. The van der Waals surface area contributed by atoms with Gasteiger partial charge in [0.25, 0.3) is 0 Å². The highest BCUT2D eigenvalue weighted by Crippen LogP contribution is 2.37. The molecule has 1 saturated heterocycles. The Hall–Kier alpha value is -3.61. The summed E-state index contributed by atoms with van der Waals surface area (Å²) in [5.74, 6) is -0.702. The fourth-order valence-electron chi connectivity index (χ4n) is 5.05. The normalized spacial score (nSPS) is 14.9. The average molecular weight is 495 g/mol. The van der Waals surface area contributed by atoms with Crippen LogP contribution in [0.4, 0.5) is 17.6 Å². The number of halogens is 4. The van der Waals surface area contributed by atoms with E-state index in [1.54, 1.807) is 12.1 Å². The van der Waals surface area contributed by atoms with Gasteiger partial charge in [0.05, 0.1) is 5.56 Å². The topological polar surface area (TPSA) is 25.2 Å². The molecule has 0 saturated carbocycles. The Morgan fingerprint density at radius 3 is 2.22 bits per heavy atom. The molecular weight excluding hydrogens is 468 g/mol. The molecule has 0 unspecified atom stereocenters. The number of alkyl halides is 3. The van der Waals surface area contributed by atoms with E-state index in [1.165, 1.54) is 24.3 Å². The van der Waals surface area contributed by atoms with Gasteiger partial charge in [0.15, 0.2) is 0 Å². The quantitative estimate of drug-likeness (QED) is 0.265. The molecule has 1 fully saturated rings. The number of hydrogen-bond acceptors (Lipinski definition) is 1. The Morgan fingerprint density at radius 2 is 1.56 bits per heavy atom. The Bertz CT molecular complexity index is 1350. The van der Waals surface area contributed by atoms with E-state index in [-0.39, 0.29) is 18.1 Å². The third-order valence-electron chi connectivity index (χ3n) is 6.94. The molecule has 3 aromatic carbocycles. The van der Waals surface area contributed by atoms with E-state index in [1.807, 2.05) is 35.4 Å². The molecule has 5 rings (SSSR count). The summed E-state index contributed by atoms with van der Waals surface area (Å²) in [5, 5.41) is 0.943. The van der Waals surface area contributed by atoms with Crippen molar-refractivity contribution in [3.8, 4) is 0 Å². The third-order valence-corrected chi connectivity index (χ3v) is 6.94. The first-order valence-electron chi connectivity index (χ1n) is 12.1. The van der Waals surface area contributed by atoms with Crippen molar-refractivity contribution in [1.29, 1.82) is 0 Å². The minimum Gasteiger partial charge on any atom is -0.343 e. The summed E-state index contributed by atoms with van der Waals surface area (Å²) in [5.41, 5.74) is 2.71. The lowest BCUT2D eigenvalue weighted by molar-refractivity contribution is -0.137. The maximum Gasteiger partial charge on any atom is 0.416 e. The first-order valence-corrected chi connectivity index (χ1v) is 12.1. The fourth-order valence-corrected chi connectivity index (χ4v) is 5.05. The molecule has 1 aliphatic rings. The van der Waals surface area contributed by atoms with E-state index in [2.05, 4.69) is 4.57 Å². The second-order valence-electron chi connectivity index (χ2n) is 9.32. The molecule has 0 aliphatic carbocycles. The molecule has 1 aromatic heterocycles. The summed E-state index contributed by atoms with van der Waals surface area (Å²) in [6, 6.07) is 19.2. The minimum atomic E-state index is -4.43. The number of para-hydroxylation sites is 1. The van der Waals surface area contributed by atoms with Crippen LogP contribution in [0.3, 0.4) is 0 Å². The molecule has 1 aliphatic heterocycles. The van der Waals surface area contributed by atoms with Gasteiger partial charge in [-0.2, -0.15) is 13.2 Å². The number of benzene rings is 3. The number of aromatic nitrogens is 1. The number of likely N-dealkylation sites (tertiary alicyclic amines) is 1. The summed E-state index contributed by atoms with van der Waals surface area (Å²) in [4.78, 5) is 15.0. The summed E-state index contributed by atoms with van der Waals surface area (Å²) in [7, 11) is 0. The SMILES string of the molecule is O=C(C[C@@H](c1ccc(C(F)(F)F)cc1)c1cn(Cc2ccc(F)cc2)c2ccccc12)N1CCCC1. The molecule has 7 heteroatoms. The van der Waals surface area contributed by atoms with Crippen molar-refractivity contribution >= 4 is 16.8 Å². The lowest BCUT2D eigenvalue weighted by atomic mass is 9.87. The number of amides is 1. The largest absolute Gasteiger partial charge is 0.416 e. The Labute approximate surface area is 207 Å². The summed E-state index contributed by atoms with van der Waals surface area (Å²) in [6.45, 7) is 1.93. The van der Waals surface area contributed by atoms with Crippen molar-refractivity contribution < 1.29 is 22.4 Å². The molecule has 0 radical (unpaired) electrons. The van der Waals surface area contributed by atoms with E-state index < -0.39 is 17.7 Å². The van der Waals surface area contributed by atoms with Crippen LogP contribution in [0.1, 0.15) is 47.4 Å². The summed E-state index contributed by atoms with van der Waals surface area (Å²) >= 11 is 0. The van der Waals surface area contributed by atoms with Crippen molar-refractivity contribution in [1.82, 2.24) is 9.47 Å². The second kappa shape index (κ2) is 9.80. The molecule has 0 bridgehead atoms. The van der Waals surface area contributed by atoms with Crippen LogP contribution in [0.15, 0.2) is 79.0 Å². The zero-order valence-electron chi connectivity index (χ0n) is 19.6. The van der Waals surface area contributed by atoms with Crippen LogP contribution in [-0.4, -0.2) is 28.5 Å². The van der Waals surface area contributed by atoms with Crippen LogP contribution in [0.2, 0.25) is 0 Å². The zero-order chi connectivity index (χ0) is 25.3. The van der Waals surface area contributed by atoms with Gasteiger partial charge in [0.1, 0.15) is 5.82 Å². The predicted octanol–water partition coefficient (Wildman–Crippen LogP) is 6.99. The maximum atomic E-state index is 13.4. The van der Waals surface area contributed by atoms with Crippen LogP contribution in [0, 0.1) is 5.82 Å². The van der Waals surface area contributed by atoms with E-state index in [0.717, 1.165) is 47.0 Å². The Morgan fingerprint density at radius 1 is 0.889 bits per heavy atom. The highest BCUT2D eigenvalue weighted by Gasteiger charge is 2.31. The van der Waals surface area contributed by atoms with Crippen LogP contribution in [-0.2, 0) is 17.5 Å². The number of nitrogens with zero attached hydrogens (tertiary/aromatic N) is 2. The average Bonchev–Trinajstić information content (AvgIpc) is 3.53. The van der Waals surface area contributed by atoms with Gasteiger partial charge in [-0.3, -0.25) is 4.79 Å². The number of hydrogen-bond donors (Lipinski definition) is 0. The molecule has 0 spiro atoms. The summed E-state index contributed by atoms with van der Waals surface area (Å²) < 4.78 is 55.1. The van der Waals surface area contributed by atoms with Gasteiger partial charge in [0, 0.05) is 49.1 Å². The van der Waals surface area contributed by atoms with Crippen molar-refractivity contribution in [3.63, 3.8) is 0 Å². The van der Waals surface area contributed by atoms with Gasteiger partial charge in [-0.25, -0.2) is 4.39 Å². The van der Waals surface area contributed by atoms with E-state index in [0.29, 0.717) is 25.2 Å². The van der Waals surface area contributed by atoms with Crippen molar-refractivity contribution in [2.45, 2.75) is 37.9 Å². The van der Waals surface area contributed by atoms with Crippen LogP contribution in [0.25, 0.3) is 10.9 Å². The monoisotopic (exact) mass is 494 g/mol. The predicted molar refractivity (Wildman–Crippen MR) is 131 cm³/mol. The molecule has 0 N–H and O–H groups in total. The summed E-state index contributed by atoms with van der Waals surface area (Å²) in [6.07, 6.45) is -0.338. The first-order chi connectivity index (χ1) is 17.3. The standard InChI is InChI=1S/C29H26F4N2O/c30-23-13-7-20(8-14-23)18-35-19-26(24-5-1-2-6-27(24)35)25(17-28(36)34-15-3-4-16-34)21-9-11-22(12-10-21)29(31,32)33/h1-2,5-14,19,25H,3-4,15-18H2/t25-/m0/s1. The third kappa shape index (κ3) is 5.01. The van der Waals surface area contributed by atoms with Crippen LogP contribution in [0.5, 0.6) is 0 Å². The molecule has 4 aromatic rings. The number of rotatable bonds is 6. The molecule has 186 valence electrons. The minimum absolute atomic E-state index is 0.00719. The Balaban J connectivity index is 1.57. The van der Waals surface area contributed by atoms with Gasteiger partial charge in [-0.05, 0) is 59.9 Å². The molecule has 36 heavy (non-hydrogen) atoms. The van der Waals surface area contributed by atoms with E-state index in [4.69, 9.17) is 0 Å². The van der Waals surface area contributed by atoms with Crippen LogP contribution >= 0.6 is 0 Å². The Kier molecular flexibility index (Phi) is 6.56. The van der Waals surface area contributed by atoms with E-state index in [9.17, 15) is 22.4 Å². The van der Waals surface area contributed by atoms with Gasteiger partial charge in [0.2, 0.25) is 5.91 Å². The van der Waals surface area contributed by atoms with Crippen molar-refractivity contribution in [2.75, 3.05) is 13.1 Å². The molecule has 1 amide bonds. The van der Waals surface area contributed by atoms with Gasteiger partial charge in [-0.15, -0.1) is 0 Å². The van der Waals surface area contributed by atoms with Gasteiger partial charge >= 0.3 is 6.18 Å². The molecule has 3 nitrogen and oxygen atoms in total. The van der Waals surface area contributed by atoms with E-state index >= 15 is 0 Å². The zero-order valence-corrected chi connectivity index (χ0v) is 19.6. The van der Waals surface area contributed by atoms with Gasteiger partial charge in [-0.1, -0.05) is 42.5 Å². The highest BCUT2D eigenvalue weighted by molar-refractivity contribution is 5.87. The first kappa shape index (κ1) is 24.1. The highest BCUT2D eigenvalue weighted by atomic mass is 19.4. The van der Waals surface area contributed by atoms with Crippen molar-refractivity contribution in [3.05, 3.63) is 107 Å². The van der Waals surface area contributed by atoms with Gasteiger partial charge < -0.3 is 9.47 Å². The second-order valence-corrected chi connectivity index (χ2v) is 9.32. The maximum absolute atomic E-state index is 13.4. The number of carbonyl (C=O) groups excluding carboxylic acids is 1. The number of carbonyl (C=O) groups is 1. The van der Waals surface area contributed by atoms with Crippen LogP contribution < -0.4 is 0 Å². The molecule has 1 atom stereocenters. The lowest BCUT2D eigenvalue weighted by Gasteiger charge is -2.22. The fraction of sp³-hybridized carbons (Fsp3) is 0.276. The molecule has 2 heterocycles.